The molecule has 1 aliphatic heterocycles. The Balaban J connectivity index is 1.41. The maximum atomic E-state index is 13.1. The van der Waals surface area contributed by atoms with Gasteiger partial charge in [0.2, 0.25) is 26.0 Å². The van der Waals surface area contributed by atoms with E-state index in [1.165, 1.54) is 16.4 Å². The van der Waals surface area contributed by atoms with Crippen LogP contribution in [0, 0.1) is 6.92 Å². The van der Waals surface area contributed by atoms with Crippen molar-refractivity contribution in [1.82, 2.24) is 14.8 Å². The number of amides is 1. The molecule has 12 heteroatoms. The summed E-state index contributed by atoms with van der Waals surface area (Å²) in [5.74, 6) is 0.252. The molecule has 1 aliphatic rings. The first-order chi connectivity index (χ1) is 16.0. The van der Waals surface area contributed by atoms with Crippen molar-refractivity contribution in [3.05, 3.63) is 76.7 Å². The van der Waals surface area contributed by atoms with Crippen molar-refractivity contribution in [3.8, 4) is 0 Å². The molecule has 10 nitrogen and oxygen atoms in total. The predicted molar refractivity (Wildman–Crippen MR) is 122 cm³/mol. The Labute approximate surface area is 197 Å². The lowest BCUT2D eigenvalue weighted by atomic mass is 10.1. The van der Waals surface area contributed by atoms with Crippen molar-refractivity contribution in [2.45, 2.75) is 42.6 Å². The number of hydrogen-bond donors (Lipinski definition) is 2. The third kappa shape index (κ3) is 5.20. The molecular weight excluding hydrogens is 480 g/mol. The number of aromatic nitrogens is 1. The monoisotopic (exact) mass is 504 g/mol. The van der Waals surface area contributed by atoms with E-state index in [9.17, 15) is 21.6 Å². The molecule has 34 heavy (non-hydrogen) atoms. The third-order valence-corrected chi connectivity index (χ3v) is 8.39. The van der Waals surface area contributed by atoms with Gasteiger partial charge in [0.15, 0.2) is 0 Å². The van der Waals surface area contributed by atoms with E-state index >= 15 is 0 Å². The third-order valence-electron chi connectivity index (χ3n) is 5.60. The second-order valence-corrected chi connectivity index (χ2v) is 11.6. The van der Waals surface area contributed by atoms with Crippen molar-refractivity contribution in [1.29, 1.82) is 0 Å². The van der Waals surface area contributed by atoms with Crippen LogP contribution in [-0.2, 0) is 50.8 Å². The molecule has 3 N–H and O–H groups in total. The Morgan fingerprint density at radius 2 is 1.71 bits per heavy atom. The van der Waals surface area contributed by atoms with Crippen LogP contribution in [0.5, 0.6) is 0 Å². The molecule has 4 rings (SSSR count). The molecule has 0 fully saturated rings. The SMILES string of the molecule is Cc1ccc(S(=O)(=O)N2CCc3onc(CC(=O)NCc4ccc(S(N)(=O)=O)cc4)c3C2)cc1. The van der Waals surface area contributed by atoms with Crippen LogP contribution in [0.15, 0.2) is 62.8 Å². The zero-order valence-corrected chi connectivity index (χ0v) is 20.0. The van der Waals surface area contributed by atoms with Crippen molar-refractivity contribution >= 4 is 26.0 Å². The van der Waals surface area contributed by atoms with Gasteiger partial charge in [0.1, 0.15) is 5.76 Å². The molecule has 180 valence electrons. The number of aryl methyl sites for hydroxylation is 1. The molecule has 0 aliphatic carbocycles. The van der Waals surface area contributed by atoms with Gasteiger partial charge in [-0.2, -0.15) is 4.31 Å². The number of carbonyl (C=O) groups is 1. The van der Waals surface area contributed by atoms with Crippen LogP contribution in [-0.4, -0.2) is 38.7 Å². The quantitative estimate of drug-likeness (QED) is 0.491. The fourth-order valence-corrected chi connectivity index (χ4v) is 5.58. The maximum Gasteiger partial charge on any atom is 0.243 e. The molecule has 0 saturated heterocycles. The highest BCUT2D eigenvalue weighted by molar-refractivity contribution is 7.89. The molecule has 0 unspecified atom stereocenters. The Morgan fingerprint density at radius 1 is 1.06 bits per heavy atom. The van der Waals surface area contributed by atoms with Crippen molar-refractivity contribution in [3.63, 3.8) is 0 Å². The lowest BCUT2D eigenvalue weighted by Gasteiger charge is -2.25. The summed E-state index contributed by atoms with van der Waals surface area (Å²) in [6, 6.07) is 12.5. The molecule has 0 spiro atoms. The van der Waals surface area contributed by atoms with Crippen LogP contribution in [0.2, 0.25) is 0 Å². The van der Waals surface area contributed by atoms with Crippen LogP contribution in [0.25, 0.3) is 0 Å². The first-order valence-electron chi connectivity index (χ1n) is 10.5. The number of carbonyl (C=O) groups excluding carboxylic acids is 1. The van der Waals surface area contributed by atoms with Gasteiger partial charge in [-0.3, -0.25) is 4.79 Å². The molecular formula is C22H24N4O6S2. The number of rotatable bonds is 7. The van der Waals surface area contributed by atoms with E-state index in [0.29, 0.717) is 29.0 Å². The smallest absolute Gasteiger partial charge is 0.243 e. The Hall–Kier alpha value is -3.06. The van der Waals surface area contributed by atoms with Gasteiger partial charge in [0, 0.05) is 31.6 Å². The second-order valence-electron chi connectivity index (χ2n) is 8.08. The molecule has 0 radical (unpaired) electrons. The fraction of sp³-hybridized carbons (Fsp3) is 0.273. The molecule has 3 aromatic rings. The van der Waals surface area contributed by atoms with E-state index in [0.717, 1.165) is 5.56 Å². The average molecular weight is 505 g/mol. The zero-order valence-electron chi connectivity index (χ0n) is 18.4. The van der Waals surface area contributed by atoms with E-state index in [1.54, 1.807) is 36.4 Å². The lowest BCUT2D eigenvalue weighted by Crippen LogP contribution is -2.36. The summed E-state index contributed by atoms with van der Waals surface area (Å²) < 4.78 is 55.5. The Kier molecular flexibility index (Phi) is 6.58. The van der Waals surface area contributed by atoms with Crippen LogP contribution in [0.1, 0.15) is 28.1 Å². The van der Waals surface area contributed by atoms with Gasteiger partial charge in [-0.25, -0.2) is 22.0 Å². The molecule has 0 bridgehead atoms. The van der Waals surface area contributed by atoms with Crippen LogP contribution in [0.4, 0.5) is 0 Å². The number of fused-ring (bicyclic) bond motifs is 1. The lowest BCUT2D eigenvalue weighted by molar-refractivity contribution is -0.120. The number of hydrogen-bond acceptors (Lipinski definition) is 7. The maximum absolute atomic E-state index is 13.1. The highest BCUT2D eigenvalue weighted by atomic mass is 32.2. The van der Waals surface area contributed by atoms with E-state index in [-0.39, 0.29) is 41.8 Å². The topological polar surface area (TPSA) is 153 Å². The van der Waals surface area contributed by atoms with Gasteiger partial charge in [-0.05, 0) is 36.8 Å². The van der Waals surface area contributed by atoms with Gasteiger partial charge in [-0.1, -0.05) is 35.0 Å². The van der Waals surface area contributed by atoms with Crippen LogP contribution in [0.3, 0.4) is 0 Å². The van der Waals surface area contributed by atoms with Crippen LogP contribution >= 0.6 is 0 Å². The number of nitrogens with zero attached hydrogens (tertiary/aromatic N) is 2. The summed E-state index contributed by atoms with van der Waals surface area (Å²) in [5.41, 5.74) is 2.65. The van der Waals surface area contributed by atoms with Gasteiger partial charge in [-0.15, -0.1) is 0 Å². The van der Waals surface area contributed by atoms with E-state index in [2.05, 4.69) is 10.5 Å². The van der Waals surface area contributed by atoms with Gasteiger partial charge >= 0.3 is 0 Å². The number of sulfonamides is 2. The number of benzene rings is 2. The van der Waals surface area contributed by atoms with Crippen molar-refractivity contribution in [2.24, 2.45) is 5.14 Å². The number of primary sulfonamides is 1. The first-order valence-corrected chi connectivity index (χ1v) is 13.4. The number of nitrogens with two attached hydrogens (primary N) is 1. The Bertz CT molecular complexity index is 1410. The second kappa shape index (κ2) is 9.29. The standard InChI is InChI=1S/C22H24N4O6S2/c1-15-2-6-18(7-3-15)34(30,31)26-11-10-21-19(14-26)20(25-32-21)12-22(27)24-13-16-4-8-17(9-5-16)33(23,28)29/h2-9H,10-14H2,1H3,(H,24,27)(H2,23,28,29). The molecule has 0 atom stereocenters. The van der Waals surface area contributed by atoms with E-state index in [4.69, 9.17) is 9.66 Å². The highest BCUT2D eigenvalue weighted by Gasteiger charge is 2.32. The Morgan fingerprint density at radius 3 is 2.35 bits per heavy atom. The summed E-state index contributed by atoms with van der Waals surface area (Å²) in [5, 5.41) is 11.8. The molecule has 0 saturated carbocycles. The van der Waals surface area contributed by atoms with E-state index in [1.807, 2.05) is 6.92 Å². The van der Waals surface area contributed by atoms with Gasteiger partial charge in [0.05, 0.1) is 21.9 Å². The van der Waals surface area contributed by atoms with Crippen molar-refractivity contribution < 1.29 is 26.2 Å². The largest absolute Gasteiger partial charge is 0.361 e. The molecule has 2 heterocycles. The van der Waals surface area contributed by atoms with Gasteiger partial charge in [0.25, 0.3) is 0 Å². The summed E-state index contributed by atoms with van der Waals surface area (Å²) in [7, 11) is -7.48. The van der Waals surface area contributed by atoms with Crippen LogP contribution < -0.4 is 10.5 Å². The number of nitrogens with one attached hydrogen (secondary N) is 1. The summed E-state index contributed by atoms with van der Waals surface area (Å²) in [4.78, 5) is 12.7. The van der Waals surface area contributed by atoms with E-state index < -0.39 is 20.0 Å². The first kappa shape index (κ1) is 24.1. The summed E-state index contributed by atoms with van der Waals surface area (Å²) >= 11 is 0. The summed E-state index contributed by atoms with van der Waals surface area (Å²) in [6.45, 7) is 2.40. The predicted octanol–water partition coefficient (Wildman–Crippen LogP) is 1.24. The highest BCUT2D eigenvalue weighted by Crippen LogP contribution is 2.27. The molecule has 1 aromatic heterocycles. The van der Waals surface area contributed by atoms with Gasteiger partial charge < -0.3 is 9.84 Å². The molecule has 1 amide bonds. The normalized spacial score (nSPS) is 14.5. The molecule has 2 aromatic carbocycles. The van der Waals surface area contributed by atoms with Crippen molar-refractivity contribution in [2.75, 3.05) is 6.54 Å². The fourth-order valence-electron chi connectivity index (χ4n) is 3.65. The average Bonchev–Trinajstić information content (AvgIpc) is 3.19. The minimum atomic E-state index is -3.78. The zero-order chi connectivity index (χ0) is 24.5. The minimum Gasteiger partial charge on any atom is -0.361 e. The summed E-state index contributed by atoms with van der Waals surface area (Å²) in [6.07, 6.45) is 0.290. The minimum absolute atomic E-state index is 0.0121.